The van der Waals surface area contributed by atoms with E-state index >= 15 is 0 Å². The lowest BCUT2D eigenvalue weighted by Gasteiger charge is -2.13. The van der Waals surface area contributed by atoms with Crippen LogP contribution in [0.5, 0.6) is 17.2 Å². The van der Waals surface area contributed by atoms with Crippen LogP contribution in [0.25, 0.3) is 22.5 Å². The fraction of sp³-hybridized carbons (Fsp3) is 0.174. The van der Waals surface area contributed by atoms with Crippen molar-refractivity contribution in [3.05, 3.63) is 58.5 Å². The molecule has 164 valence electrons. The summed E-state index contributed by atoms with van der Waals surface area (Å²) in [5, 5.41) is 13.0. The first-order valence-electron chi connectivity index (χ1n) is 9.72. The number of anilines is 1. The molecule has 0 bridgehead atoms. The second-order valence-corrected chi connectivity index (χ2v) is 7.93. The maximum atomic E-state index is 12.8. The van der Waals surface area contributed by atoms with Crippen molar-refractivity contribution in [2.75, 3.05) is 26.6 Å². The Balaban J connectivity index is 1.56. The third-order valence-corrected chi connectivity index (χ3v) is 5.59. The molecule has 2 aromatic carbocycles. The van der Waals surface area contributed by atoms with Crippen LogP contribution in [0.2, 0.25) is 0 Å². The van der Waals surface area contributed by atoms with Crippen molar-refractivity contribution in [1.82, 2.24) is 15.2 Å². The van der Waals surface area contributed by atoms with Gasteiger partial charge in [0, 0.05) is 22.2 Å². The van der Waals surface area contributed by atoms with Crippen LogP contribution in [-0.4, -0.2) is 42.4 Å². The van der Waals surface area contributed by atoms with Crippen molar-refractivity contribution in [3.8, 4) is 39.8 Å². The smallest absolute Gasteiger partial charge is 0.273 e. The van der Waals surface area contributed by atoms with Crippen LogP contribution in [0, 0.1) is 6.92 Å². The number of aromatic nitrogens is 3. The number of nitrogens with one attached hydrogen (secondary N) is 2. The van der Waals surface area contributed by atoms with E-state index in [0.717, 1.165) is 21.8 Å². The molecule has 2 aromatic heterocycles. The molecule has 0 radical (unpaired) electrons. The highest BCUT2D eigenvalue weighted by molar-refractivity contribution is 7.09. The Kier molecular flexibility index (Phi) is 6.09. The minimum absolute atomic E-state index is 0.303. The number of ether oxygens (including phenoxy) is 3. The number of carbonyl (C=O) groups excluding carboxylic acids is 1. The molecule has 32 heavy (non-hydrogen) atoms. The predicted octanol–water partition coefficient (Wildman–Crippen LogP) is 4.79. The Morgan fingerprint density at radius 3 is 2.34 bits per heavy atom. The first-order valence-corrected chi connectivity index (χ1v) is 10.6. The van der Waals surface area contributed by atoms with Crippen LogP contribution in [-0.2, 0) is 0 Å². The van der Waals surface area contributed by atoms with Crippen molar-refractivity contribution < 1.29 is 19.0 Å². The Bertz CT molecular complexity index is 1240. The van der Waals surface area contributed by atoms with Gasteiger partial charge in [-0.15, -0.1) is 11.3 Å². The van der Waals surface area contributed by atoms with Crippen molar-refractivity contribution >= 4 is 22.9 Å². The van der Waals surface area contributed by atoms with Gasteiger partial charge in [-0.05, 0) is 37.3 Å². The summed E-state index contributed by atoms with van der Waals surface area (Å²) in [6.07, 6.45) is 0. The Labute approximate surface area is 189 Å². The number of amides is 1. The average molecular weight is 451 g/mol. The number of hydrogen-bond acceptors (Lipinski definition) is 7. The zero-order valence-electron chi connectivity index (χ0n) is 18.1. The molecule has 0 aliphatic rings. The SMILES string of the molecule is COc1cc(-c2cc(C(=O)Nc3cccc(-c4csc(C)n4)c3)[nH]n2)cc(OC)c1OC. The van der Waals surface area contributed by atoms with Gasteiger partial charge in [0.2, 0.25) is 5.75 Å². The fourth-order valence-corrected chi connectivity index (χ4v) is 3.89. The second kappa shape index (κ2) is 9.11. The van der Waals surface area contributed by atoms with Crippen LogP contribution in [0.3, 0.4) is 0 Å². The number of thiazole rings is 1. The number of aromatic amines is 1. The van der Waals surface area contributed by atoms with Crippen molar-refractivity contribution in [3.63, 3.8) is 0 Å². The molecular formula is C23H22N4O4S. The summed E-state index contributed by atoms with van der Waals surface area (Å²) in [6.45, 7) is 1.96. The molecule has 1 amide bonds. The van der Waals surface area contributed by atoms with Crippen molar-refractivity contribution in [2.45, 2.75) is 6.92 Å². The number of benzene rings is 2. The summed E-state index contributed by atoms with van der Waals surface area (Å²) in [7, 11) is 4.64. The van der Waals surface area contributed by atoms with E-state index in [2.05, 4.69) is 20.5 Å². The van der Waals surface area contributed by atoms with Crippen LogP contribution in [0.15, 0.2) is 47.8 Å². The molecule has 4 aromatic rings. The van der Waals surface area contributed by atoms with Gasteiger partial charge in [-0.1, -0.05) is 12.1 Å². The molecule has 2 heterocycles. The summed E-state index contributed by atoms with van der Waals surface area (Å²) in [6, 6.07) is 12.8. The number of carbonyl (C=O) groups is 1. The molecule has 9 heteroatoms. The van der Waals surface area contributed by atoms with Gasteiger partial charge >= 0.3 is 0 Å². The molecule has 0 saturated carbocycles. The maximum Gasteiger partial charge on any atom is 0.273 e. The summed E-state index contributed by atoms with van der Waals surface area (Å²) >= 11 is 1.59. The first kappa shape index (κ1) is 21.4. The van der Waals surface area contributed by atoms with E-state index in [1.165, 1.54) is 0 Å². The zero-order valence-corrected chi connectivity index (χ0v) is 18.9. The molecule has 0 aliphatic carbocycles. The molecule has 0 atom stereocenters. The average Bonchev–Trinajstić information content (AvgIpc) is 3.48. The van der Waals surface area contributed by atoms with E-state index in [1.54, 1.807) is 50.9 Å². The Morgan fingerprint density at radius 1 is 0.969 bits per heavy atom. The number of aryl methyl sites for hydroxylation is 1. The Hall–Kier alpha value is -3.85. The monoisotopic (exact) mass is 450 g/mol. The van der Waals surface area contributed by atoms with Crippen LogP contribution in [0.1, 0.15) is 15.5 Å². The van der Waals surface area contributed by atoms with Crippen molar-refractivity contribution in [2.24, 2.45) is 0 Å². The largest absolute Gasteiger partial charge is 0.493 e. The molecular weight excluding hydrogens is 428 g/mol. The van der Waals surface area contributed by atoms with Crippen molar-refractivity contribution in [1.29, 1.82) is 0 Å². The lowest BCUT2D eigenvalue weighted by Crippen LogP contribution is -2.12. The van der Waals surface area contributed by atoms with Gasteiger partial charge < -0.3 is 19.5 Å². The number of H-pyrrole nitrogens is 1. The van der Waals surface area contributed by atoms with E-state index in [-0.39, 0.29) is 5.91 Å². The van der Waals surface area contributed by atoms with Gasteiger partial charge in [0.1, 0.15) is 5.69 Å². The molecule has 0 spiro atoms. The topological polar surface area (TPSA) is 98.4 Å². The molecule has 8 nitrogen and oxygen atoms in total. The highest BCUT2D eigenvalue weighted by Crippen LogP contribution is 2.40. The normalized spacial score (nSPS) is 10.6. The van der Waals surface area contributed by atoms with Gasteiger partial charge in [-0.2, -0.15) is 5.10 Å². The zero-order chi connectivity index (χ0) is 22.7. The highest BCUT2D eigenvalue weighted by atomic mass is 32.1. The number of rotatable bonds is 7. The van der Waals surface area contributed by atoms with Crippen LogP contribution >= 0.6 is 11.3 Å². The van der Waals surface area contributed by atoms with Gasteiger partial charge in [-0.3, -0.25) is 9.89 Å². The third kappa shape index (κ3) is 4.28. The van der Waals surface area contributed by atoms with Crippen LogP contribution < -0.4 is 19.5 Å². The highest BCUT2D eigenvalue weighted by Gasteiger charge is 2.17. The summed E-state index contributed by atoms with van der Waals surface area (Å²) < 4.78 is 16.1. The minimum Gasteiger partial charge on any atom is -0.493 e. The fourth-order valence-electron chi connectivity index (χ4n) is 3.27. The third-order valence-electron chi connectivity index (χ3n) is 4.82. The molecule has 0 saturated heterocycles. The summed E-state index contributed by atoms with van der Waals surface area (Å²) in [5.41, 5.74) is 4.10. The standard InChI is InChI=1S/C23H22N4O4S/c1-13-24-19(12-32-13)14-6-5-7-16(8-14)25-23(28)18-11-17(26-27-18)15-9-20(29-2)22(31-4)21(10-15)30-3/h5-12H,1-4H3,(H,25,28)(H,26,27). The van der Waals surface area contributed by atoms with E-state index in [9.17, 15) is 4.79 Å². The lowest BCUT2D eigenvalue weighted by atomic mass is 10.1. The van der Waals surface area contributed by atoms with Gasteiger partial charge in [0.15, 0.2) is 11.5 Å². The van der Waals surface area contributed by atoms with Gasteiger partial charge in [0.05, 0.1) is 37.7 Å². The van der Waals surface area contributed by atoms with E-state index in [1.807, 2.05) is 36.6 Å². The number of methoxy groups -OCH3 is 3. The maximum absolute atomic E-state index is 12.8. The molecule has 0 unspecified atom stereocenters. The molecule has 4 rings (SSSR count). The summed E-state index contributed by atoms with van der Waals surface area (Å²) in [5.74, 6) is 1.19. The first-order chi connectivity index (χ1) is 15.5. The van der Waals surface area contributed by atoms with Gasteiger partial charge in [0.25, 0.3) is 5.91 Å². The van der Waals surface area contributed by atoms with Crippen LogP contribution in [0.4, 0.5) is 5.69 Å². The molecule has 0 fully saturated rings. The Morgan fingerprint density at radius 2 is 1.72 bits per heavy atom. The predicted molar refractivity (Wildman–Crippen MR) is 124 cm³/mol. The minimum atomic E-state index is -0.303. The number of nitrogens with zero attached hydrogens (tertiary/aromatic N) is 2. The molecule has 0 aliphatic heterocycles. The molecule has 2 N–H and O–H groups in total. The van der Waals surface area contributed by atoms with E-state index in [0.29, 0.717) is 34.3 Å². The second-order valence-electron chi connectivity index (χ2n) is 6.87. The van der Waals surface area contributed by atoms with Gasteiger partial charge in [-0.25, -0.2) is 4.98 Å². The van der Waals surface area contributed by atoms with E-state index < -0.39 is 0 Å². The summed E-state index contributed by atoms with van der Waals surface area (Å²) in [4.78, 5) is 17.3. The lowest BCUT2D eigenvalue weighted by molar-refractivity contribution is 0.102. The number of hydrogen-bond donors (Lipinski definition) is 2. The van der Waals surface area contributed by atoms with E-state index in [4.69, 9.17) is 14.2 Å². The quantitative estimate of drug-likeness (QED) is 0.420.